The van der Waals surface area contributed by atoms with E-state index in [1.807, 2.05) is 80.1 Å². The number of aromatic nitrogens is 5. The number of H-pyrrole nitrogens is 2. The zero-order chi connectivity index (χ0) is 42.5. The molecule has 7 rings (SSSR count). The lowest BCUT2D eigenvalue weighted by Crippen LogP contribution is -2.52. The van der Waals surface area contributed by atoms with Gasteiger partial charge in [-0.05, 0) is 67.9 Å². The summed E-state index contributed by atoms with van der Waals surface area (Å²) in [5.74, 6) is 1.19. The molecule has 15 nitrogen and oxygen atoms in total. The Morgan fingerprint density at radius 3 is 1.85 bits per heavy atom. The Morgan fingerprint density at radius 1 is 0.700 bits per heavy atom. The van der Waals surface area contributed by atoms with Gasteiger partial charge in [-0.1, -0.05) is 71.6 Å². The molecule has 0 bridgehead atoms. The Kier molecular flexibility index (Phi) is 13.0. The van der Waals surface area contributed by atoms with Gasteiger partial charge in [-0.15, -0.1) is 0 Å². The van der Waals surface area contributed by atoms with Gasteiger partial charge >= 0.3 is 12.2 Å². The van der Waals surface area contributed by atoms with E-state index in [2.05, 4.69) is 32.7 Å². The minimum atomic E-state index is -0.673. The summed E-state index contributed by atoms with van der Waals surface area (Å²) in [6.45, 7) is 9.29. The zero-order valence-corrected chi connectivity index (χ0v) is 35.4. The highest BCUT2D eigenvalue weighted by Crippen LogP contribution is 2.36. The van der Waals surface area contributed by atoms with Crippen LogP contribution in [0.5, 0.6) is 0 Å². The van der Waals surface area contributed by atoms with Gasteiger partial charge in [0.15, 0.2) is 0 Å². The van der Waals surface area contributed by atoms with Crippen LogP contribution >= 0.6 is 0 Å². The summed E-state index contributed by atoms with van der Waals surface area (Å²) in [5, 5.41) is 6.57. The van der Waals surface area contributed by atoms with Gasteiger partial charge in [0.25, 0.3) is 0 Å². The average Bonchev–Trinajstić information content (AvgIpc) is 4.12. The summed E-state index contributed by atoms with van der Waals surface area (Å²) in [4.78, 5) is 77.7. The predicted molar refractivity (Wildman–Crippen MR) is 229 cm³/mol. The van der Waals surface area contributed by atoms with Crippen LogP contribution in [0.4, 0.5) is 9.59 Å². The fraction of sp³-hybridized carbons (Fsp3) is 0.489. The minimum absolute atomic E-state index is 0.0120. The number of ether oxygens (including phenoxy) is 2. The van der Waals surface area contributed by atoms with Crippen LogP contribution in [0.3, 0.4) is 0 Å². The van der Waals surface area contributed by atoms with Crippen molar-refractivity contribution in [3.63, 3.8) is 0 Å². The standard InChI is InChI=1S/C45H57N9O6/c1-7-26(8-2)38(51-44(57)59-5)42(55)53-21-11-13-36(53)40-46-25-35(50-40)29-16-19-31-28(23-29)15-18-32(47-31)30-17-20-33-34(24-30)49-41(48-33)37-14-12-22-54(37)43(56)39(27(9-3)10-4)52-45(58)60-6/h15-20,23-27,36-39H,7-14,21-22H2,1-6H3,(H,46,50)(H,48,49)(H,51,57)(H,52,58). The molecule has 4 N–H and O–H groups in total. The van der Waals surface area contributed by atoms with Gasteiger partial charge in [0.1, 0.15) is 23.7 Å². The quantitative estimate of drug-likeness (QED) is 0.0867. The summed E-state index contributed by atoms with van der Waals surface area (Å²) >= 11 is 0. The second-order valence-corrected chi connectivity index (χ2v) is 15.9. The largest absolute Gasteiger partial charge is 0.453 e. The molecule has 2 fully saturated rings. The van der Waals surface area contributed by atoms with E-state index >= 15 is 0 Å². The Hall–Kier alpha value is -5.99. The molecule has 4 amide bonds. The summed E-state index contributed by atoms with van der Waals surface area (Å²) < 4.78 is 9.72. The molecule has 0 radical (unpaired) electrons. The molecule has 2 aliphatic rings. The maximum atomic E-state index is 14.0. The molecule has 0 aliphatic carbocycles. The Labute approximate surface area is 350 Å². The van der Waals surface area contributed by atoms with Crippen molar-refractivity contribution < 1.29 is 28.7 Å². The van der Waals surface area contributed by atoms with Gasteiger partial charge < -0.3 is 39.9 Å². The van der Waals surface area contributed by atoms with Crippen LogP contribution in [0, 0.1) is 11.8 Å². The number of imidazole rings is 2. The molecule has 0 saturated carbocycles. The van der Waals surface area contributed by atoms with Crippen LogP contribution < -0.4 is 10.6 Å². The molecule has 5 aromatic rings. The first-order chi connectivity index (χ1) is 29.1. The lowest BCUT2D eigenvalue weighted by Gasteiger charge is -2.31. The molecular formula is C45H57N9O6. The first kappa shape index (κ1) is 42.1. The molecular weight excluding hydrogens is 763 g/mol. The van der Waals surface area contributed by atoms with Gasteiger partial charge in [-0.3, -0.25) is 9.59 Å². The van der Waals surface area contributed by atoms with Crippen LogP contribution in [-0.2, 0) is 19.1 Å². The van der Waals surface area contributed by atoms with Crippen LogP contribution in [0.1, 0.15) is 103 Å². The van der Waals surface area contributed by atoms with Gasteiger partial charge in [0.05, 0.1) is 60.4 Å². The summed E-state index contributed by atoms with van der Waals surface area (Å²) in [6.07, 6.45) is 6.83. The Morgan fingerprint density at radius 2 is 1.27 bits per heavy atom. The van der Waals surface area contributed by atoms with E-state index in [0.717, 1.165) is 107 Å². The number of hydrogen-bond donors (Lipinski definition) is 4. The topological polar surface area (TPSA) is 188 Å². The van der Waals surface area contributed by atoms with Crippen molar-refractivity contribution in [2.45, 2.75) is 103 Å². The summed E-state index contributed by atoms with van der Waals surface area (Å²) in [5.41, 5.74) is 6.03. The number of alkyl carbamates (subject to hydrolysis) is 2. The smallest absolute Gasteiger partial charge is 0.407 e. The molecule has 5 heterocycles. The monoisotopic (exact) mass is 819 g/mol. The van der Waals surface area contributed by atoms with E-state index in [-0.39, 0.29) is 35.7 Å². The Bertz CT molecular complexity index is 2330. The molecule has 2 aliphatic heterocycles. The van der Waals surface area contributed by atoms with Crippen LogP contribution in [0.2, 0.25) is 0 Å². The van der Waals surface area contributed by atoms with E-state index in [0.29, 0.717) is 13.1 Å². The van der Waals surface area contributed by atoms with Crippen LogP contribution in [0.15, 0.2) is 54.7 Å². The number of nitrogens with one attached hydrogen (secondary N) is 4. The number of pyridine rings is 1. The predicted octanol–water partition coefficient (Wildman–Crippen LogP) is 7.82. The number of amides is 4. The number of nitrogens with zero attached hydrogens (tertiary/aromatic N) is 5. The lowest BCUT2D eigenvalue weighted by atomic mass is 9.93. The third-order valence-corrected chi connectivity index (χ3v) is 12.6. The van der Waals surface area contributed by atoms with Crippen molar-refractivity contribution in [3.05, 3.63) is 66.4 Å². The highest BCUT2D eigenvalue weighted by molar-refractivity contribution is 5.89. The number of carbonyl (C=O) groups is 4. The molecule has 0 spiro atoms. The van der Waals surface area contributed by atoms with Crippen LogP contribution in [0.25, 0.3) is 44.5 Å². The number of likely N-dealkylation sites (tertiary alicyclic amines) is 2. The highest BCUT2D eigenvalue weighted by atomic mass is 16.5. The number of carbonyl (C=O) groups excluding carboxylic acids is 4. The molecule has 3 aromatic heterocycles. The van der Waals surface area contributed by atoms with E-state index in [4.69, 9.17) is 24.4 Å². The number of methoxy groups -OCH3 is 2. The number of hydrogen-bond acceptors (Lipinski definition) is 9. The molecule has 2 aromatic carbocycles. The lowest BCUT2D eigenvalue weighted by molar-refractivity contribution is -0.136. The number of rotatable bonds is 14. The van der Waals surface area contributed by atoms with Crippen molar-refractivity contribution in [3.8, 4) is 22.5 Å². The van der Waals surface area contributed by atoms with Gasteiger partial charge in [-0.2, -0.15) is 0 Å². The maximum absolute atomic E-state index is 14.0. The van der Waals surface area contributed by atoms with Crippen molar-refractivity contribution >= 4 is 45.9 Å². The Balaban J connectivity index is 1.07. The SMILES string of the molecule is CCC(CC)C(NC(=O)OC)C(=O)N1CCCC1c1ncc(-c2ccc3nc(-c4ccc5nc(C6CCCN6C(=O)C(NC(=O)OC)C(CC)CC)[nH]c5c4)ccc3c2)[nH]1. The number of aromatic amines is 2. The van der Waals surface area contributed by atoms with Crippen molar-refractivity contribution in [1.29, 1.82) is 0 Å². The fourth-order valence-corrected chi connectivity index (χ4v) is 9.09. The van der Waals surface area contributed by atoms with Gasteiger partial charge in [-0.25, -0.2) is 24.5 Å². The van der Waals surface area contributed by atoms with Crippen LogP contribution in [-0.4, -0.2) is 98.1 Å². The zero-order valence-electron chi connectivity index (χ0n) is 35.4. The van der Waals surface area contributed by atoms with E-state index in [9.17, 15) is 19.2 Å². The van der Waals surface area contributed by atoms with Crippen molar-refractivity contribution in [2.75, 3.05) is 27.3 Å². The highest BCUT2D eigenvalue weighted by Gasteiger charge is 2.40. The van der Waals surface area contributed by atoms with Crippen molar-refractivity contribution in [1.82, 2.24) is 45.4 Å². The average molecular weight is 820 g/mol. The number of benzene rings is 2. The van der Waals surface area contributed by atoms with Gasteiger partial charge in [0.2, 0.25) is 11.8 Å². The third-order valence-electron chi connectivity index (χ3n) is 12.6. The van der Waals surface area contributed by atoms with Crippen molar-refractivity contribution in [2.24, 2.45) is 11.8 Å². The molecule has 60 heavy (non-hydrogen) atoms. The fourth-order valence-electron chi connectivity index (χ4n) is 9.09. The second kappa shape index (κ2) is 18.5. The third kappa shape index (κ3) is 8.52. The summed E-state index contributed by atoms with van der Waals surface area (Å²) in [6, 6.07) is 14.4. The molecule has 2 saturated heterocycles. The van der Waals surface area contributed by atoms with Gasteiger partial charge in [0, 0.05) is 29.6 Å². The normalized spacial score (nSPS) is 17.7. The van der Waals surface area contributed by atoms with E-state index in [1.165, 1.54) is 14.2 Å². The molecule has 4 unspecified atom stereocenters. The minimum Gasteiger partial charge on any atom is -0.453 e. The molecule has 4 atom stereocenters. The maximum Gasteiger partial charge on any atom is 0.407 e. The van der Waals surface area contributed by atoms with E-state index in [1.54, 1.807) is 0 Å². The second-order valence-electron chi connectivity index (χ2n) is 15.9. The first-order valence-corrected chi connectivity index (χ1v) is 21.4. The molecule has 15 heteroatoms. The number of fused-ring (bicyclic) bond motifs is 2. The van der Waals surface area contributed by atoms with E-state index < -0.39 is 24.3 Å². The summed E-state index contributed by atoms with van der Waals surface area (Å²) in [7, 11) is 2.62. The molecule has 318 valence electrons. The first-order valence-electron chi connectivity index (χ1n) is 21.4.